The van der Waals surface area contributed by atoms with Crippen LogP contribution in [0.5, 0.6) is 0 Å². The molecule has 2 aliphatic rings. The summed E-state index contributed by atoms with van der Waals surface area (Å²) in [6, 6.07) is 8.70. The fourth-order valence-corrected chi connectivity index (χ4v) is 4.16. The third kappa shape index (κ3) is 3.53. The normalized spacial score (nSPS) is 27.5. The molecule has 0 saturated heterocycles. The van der Waals surface area contributed by atoms with E-state index in [1.165, 1.54) is 24.4 Å². The number of aliphatic carboxylic acids is 1. The van der Waals surface area contributed by atoms with Gasteiger partial charge in [-0.2, -0.15) is 0 Å². The molecule has 0 atom stereocenters. The third-order valence-corrected chi connectivity index (χ3v) is 6.20. The summed E-state index contributed by atoms with van der Waals surface area (Å²) in [5.41, 5.74) is -0.549. The highest BCUT2D eigenvalue weighted by Crippen LogP contribution is 2.49. The number of aromatic nitrogens is 1. The van der Waals surface area contributed by atoms with Gasteiger partial charge in [0, 0.05) is 0 Å². The maximum Gasteiger partial charge on any atom is 0.314 e. The van der Waals surface area contributed by atoms with Crippen molar-refractivity contribution in [3.63, 3.8) is 0 Å². The van der Waals surface area contributed by atoms with Gasteiger partial charge in [-0.15, -0.1) is 0 Å². The van der Waals surface area contributed by atoms with Crippen LogP contribution in [0.25, 0.3) is 0 Å². The second-order valence-corrected chi connectivity index (χ2v) is 8.00. The molecule has 2 aromatic rings. The maximum atomic E-state index is 13.4. The SMILES string of the molecule is O=C(O)[C@]1(c2ccc(F)cc2)CC[C@](OCC2CC2)(c2ccc(F)cn2)CC1. The number of nitrogens with zero attached hydrogens (tertiary/aromatic N) is 1. The first-order chi connectivity index (χ1) is 13.4. The summed E-state index contributed by atoms with van der Waals surface area (Å²) in [5.74, 6) is -1.18. The summed E-state index contributed by atoms with van der Waals surface area (Å²) in [4.78, 5) is 16.5. The summed E-state index contributed by atoms with van der Waals surface area (Å²) < 4.78 is 33.0. The number of benzene rings is 1. The minimum Gasteiger partial charge on any atom is -0.481 e. The summed E-state index contributed by atoms with van der Waals surface area (Å²) in [6.45, 7) is 0.607. The van der Waals surface area contributed by atoms with Crippen LogP contribution in [0.15, 0.2) is 42.6 Å². The van der Waals surface area contributed by atoms with Crippen molar-refractivity contribution in [3.8, 4) is 0 Å². The van der Waals surface area contributed by atoms with Crippen LogP contribution >= 0.6 is 0 Å². The standard InChI is InChI=1S/C22H23F2NO3/c23-17-5-3-16(4-6-17)21(20(26)27)9-11-22(12-10-21,28-14-15-1-2-15)19-8-7-18(24)13-25-19/h3-8,13,15H,1-2,9-12,14H2,(H,26,27)/t21-,22-. The van der Waals surface area contributed by atoms with Crippen LogP contribution in [0, 0.1) is 17.6 Å². The zero-order valence-electron chi connectivity index (χ0n) is 15.5. The van der Waals surface area contributed by atoms with Gasteiger partial charge in [0.05, 0.1) is 23.9 Å². The van der Waals surface area contributed by atoms with Crippen molar-refractivity contribution >= 4 is 5.97 Å². The van der Waals surface area contributed by atoms with Crippen molar-refractivity contribution in [2.24, 2.45) is 5.92 Å². The predicted octanol–water partition coefficient (Wildman–Crippen LogP) is 4.58. The smallest absolute Gasteiger partial charge is 0.314 e. The van der Waals surface area contributed by atoms with Crippen LogP contribution in [0.2, 0.25) is 0 Å². The molecule has 148 valence electrons. The molecule has 6 heteroatoms. The lowest BCUT2D eigenvalue weighted by Gasteiger charge is -2.44. The van der Waals surface area contributed by atoms with Crippen molar-refractivity contribution < 1.29 is 23.4 Å². The van der Waals surface area contributed by atoms with E-state index in [1.807, 2.05) is 0 Å². The van der Waals surface area contributed by atoms with E-state index in [-0.39, 0.29) is 0 Å². The number of carbonyl (C=O) groups is 1. The molecule has 2 fully saturated rings. The van der Waals surface area contributed by atoms with Crippen LogP contribution in [0.1, 0.15) is 49.8 Å². The summed E-state index contributed by atoms with van der Waals surface area (Å²) >= 11 is 0. The molecule has 4 nitrogen and oxygen atoms in total. The Hall–Kier alpha value is -2.34. The monoisotopic (exact) mass is 387 g/mol. The predicted molar refractivity (Wildman–Crippen MR) is 98.7 cm³/mol. The summed E-state index contributed by atoms with van der Waals surface area (Å²) in [7, 11) is 0. The molecule has 0 bridgehead atoms. The summed E-state index contributed by atoms with van der Waals surface area (Å²) in [6.07, 6.45) is 5.07. The number of rotatable bonds is 6. The Labute approximate surface area is 162 Å². The molecule has 0 amide bonds. The number of carboxylic acids is 1. The molecule has 28 heavy (non-hydrogen) atoms. The molecule has 0 radical (unpaired) electrons. The first kappa shape index (κ1) is 19.0. The molecule has 4 rings (SSSR count). The van der Waals surface area contributed by atoms with Gasteiger partial charge in [0.1, 0.15) is 17.2 Å². The van der Waals surface area contributed by atoms with Crippen molar-refractivity contribution in [1.82, 2.24) is 4.98 Å². The van der Waals surface area contributed by atoms with Crippen molar-refractivity contribution in [2.75, 3.05) is 6.61 Å². The van der Waals surface area contributed by atoms with Crippen molar-refractivity contribution in [3.05, 3.63) is 65.5 Å². The Morgan fingerprint density at radius 3 is 2.21 bits per heavy atom. The van der Waals surface area contributed by atoms with Crippen LogP contribution in [0.3, 0.4) is 0 Å². The largest absolute Gasteiger partial charge is 0.481 e. The lowest BCUT2D eigenvalue weighted by molar-refractivity contribution is -0.151. The second kappa shape index (κ2) is 7.24. The van der Waals surface area contributed by atoms with Crippen LogP contribution in [-0.4, -0.2) is 22.7 Å². The van der Waals surface area contributed by atoms with E-state index in [0.717, 1.165) is 12.8 Å². The molecule has 1 aromatic heterocycles. The van der Waals surface area contributed by atoms with E-state index in [9.17, 15) is 18.7 Å². The zero-order valence-corrected chi connectivity index (χ0v) is 15.5. The van der Waals surface area contributed by atoms with E-state index in [2.05, 4.69) is 4.98 Å². The number of halogens is 2. The average molecular weight is 387 g/mol. The minimum absolute atomic E-state index is 0.345. The van der Waals surface area contributed by atoms with Crippen LogP contribution in [0.4, 0.5) is 8.78 Å². The fourth-order valence-electron chi connectivity index (χ4n) is 4.16. The van der Waals surface area contributed by atoms with Crippen molar-refractivity contribution in [2.45, 2.75) is 49.5 Å². The van der Waals surface area contributed by atoms with Gasteiger partial charge >= 0.3 is 5.97 Å². The molecule has 2 saturated carbocycles. The number of pyridine rings is 1. The number of hydrogen-bond acceptors (Lipinski definition) is 3. The van der Waals surface area contributed by atoms with Gasteiger partial charge in [-0.3, -0.25) is 9.78 Å². The molecule has 2 aliphatic carbocycles. The number of ether oxygens (including phenoxy) is 1. The topological polar surface area (TPSA) is 59.4 Å². The molecule has 1 aromatic carbocycles. The van der Waals surface area contributed by atoms with Gasteiger partial charge in [-0.1, -0.05) is 12.1 Å². The molecule has 1 heterocycles. The van der Waals surface area contributed by atoms with E-state index < -0.39 is 28.6 Å². The Morgan fingerprint density at radius 2 is 1.68 bits per heavy atom. The van der Waals surface area contributed by atoms with Gasteiger partial charge in [0.15, 0.2) is 0 Å². The Bertz CT molecular complexity index is 839. The second-order valence-electron chi connectivity index (χ2n) is 8.00. The first-order valence-corrected chi connectivity index (χ1v) is 9.69. The zero-order chi connectivity index (χ0) is 19.8. The highest BCUT2D eigenvalue weighted by atomic mass is 19.1. The van der Waals surface area contributed by atoms with Gasteiger partial charge < -0.3 is 9.84 Å². The van der Waals surface area contributed by atoms with Crippen LogP contribution < -0.4 is 0 Å². The molecule has 0 aliphatic heterocycles. The van der Waals surface area contributed by atoms with Crippen molar-refractivity contribution in [1.29, 1.82) is 0 Å². The molecule has 0 spiro atoms. The lowest BCUT2D eigenvalue weighted by atomic mass is 9.64. The van der Waals surface area contributed by atoms with E-state index in [0.29, 0.717) is 49.5 Å². The summed E-state index contributed by atoms with van der Waals surface area (Å²) in [5, 5.41) is 10.0. The van der Waals surface area contributed by atoms with Gasteiger partial charge in [-0.05, 0) is 74.3 Å². The maximum absolute atomic E-state index is 13.4. The van der Waals surface area contributed by atoms with Crippen LogP contribution in [-0.2, 0) is 20.5 Å². The number of carboxylic acid groups (broad SMARTS) is 1. The molecular formula is C22H23F2NO3. The molecule has 1 N–H and O–H groups in total. The van der Waals surface area contributed by atoms with Gasteiger partial charge in [0.25, 0.3) is 0 Å². The molecule has 0 unspecified atom stereocenters. The van der Waals surface area contributed by atoms with E-state index in [4.69, 9.17) is 4.74 Å². The Balaban J connectivity index is 1.63. The van der Waals surface area contributed by atoms with Gasteiger partial charge in [-0.25, -0.2) is 8.78 Å². The lowest BCUT2D eigenvalue weighted by Crippen LogP contribution is -2.46. The number of hydrogen-bond donors (Lipinski definition) is 1. The van der Waals surface area contributed by atoms with Gasteiger partial charge in [0.2, 0.25) is 0 Å². The Kier molecular flexibility index (Phi) is 4.91. The highest BCUT2D eigenvalue weighted by Gasteiger charge is 2.50. The average Bonchev–Trinajstić information content (AvgIpc) is 3.52. The van der Waals surface area contributed by atoms with E-state index in [1.54, 1.807) is 18.2 Å². The van der Waals surface area contributed by atoms with E-state index >= 15 is 0 Å². The molecular weight excluding hydrogens is 364 g/mol. The fraction of sp³-hybridized carbons (Fsp3) is 0.455. The highest BCUT2D eigenvalue weighted by molar-refractivity contribution is 5.81. The third-order valence-electron chi connectivity index (χ3n) is 6.20. The Morgan fingerprint density at radius 1 is 1.04 bits per heavy atom. The minimum atomic E-state index is -1.08. The quantitative estimate of drug-likeness (QED) is 0.788. The first-order valence-electron chi connectivity index (χ1n) is 9.69.